The molecule has 0 radical (unpaired) electrons. The first-order valence-electron chi connectivity index (χ1n) is 9.43. The molecule has 24 heavy (non-hydrogen) atoms. The molecule has 1 atom stereocenters. The first kappa shape index (κ1) is 19.0. The highest BCUT2D eigenvalue weighted by Gasteiger charge is 2.32. The number of rotatable bonds is 5. The quantitative estimate of drug-likeness (QED) is 0.723. The van der Waals surface area contributed by atoms with Crippen LogP contribution in [-0.2, 0) is 9.59 Å². The van der Waals surface area contributed by atoms with E-state index in [1.165, 1.54) is 5.57 Å². The second kappa shape index (κ2) is 9.21. The number of carbonyl (C=O) groups is 2. The van der Waals surface area contributed by atoms with Crippen LogP contribution >= 0.6 is 0 Å². The van der Waals surface area contributed by atoms with Gasteiger partial charge in [-0.2, -0.15) is 0 Å². The van der Waals surface area contributed by atoms with E-state index >= 15 is 0 Å². The summed E-state index contributed by atoms with van der Waals surface area (Å²) >= 11 is 0. The molecule has 0 aliphatic carbocycles. The number of nitrogens with zero attached hydrogens (tertiary/aromatic N) is 3. The molecule has 0 aromatic rings. The Morgan fingerprint density at radius 1 is 1.21 bits per heavy atom. The Morgan fingerprint density at radius 3 is 2.71 bits per heavy atom. The zero-order valence-corrected chi connectivity index (χ0v) is 15.6. The molecule has 0 saturated carbocycles. The van der Waals surface area contributed by atoms with Crippen LogP contribution in [0.4, 0.5) is 0 Å². The van der Waals surface area contributed by atoms with Crippen molar-refractivity contribution in [3.05, 3.63) is 11.6 Å². The summed E-state index contributed by atoms with van der Waals surface area (Å²) in [7, 11) is 0. The number of hydrogen-bond donors (Lipinski definition) is 0. The summed E-state index contributed by atoms with van der Waals surface area (Å²) in [4.78, 5) is 31.2. The molecule has 0 N–H and O–H groups in total. The van der Waals surface area contributed by atoms with E-state index in [0.717, 1.165) is 58.5 Å². The Morgan fingerprint density at radius 2 is 2.00 bits per heavy atom. The first-order chi connectivity index (χ1) is 11.5. The minimum absolute atomic E-state index is 0.00131. The molecule has 5 nitrogen and oxygen atoms in total. The summed E-state index contributed by atoms with van der Waals surface area (Å²) in [5.41, 5.74) is 1.34. The average molecular weight is 335 g/mol. The summed E-state index contributed by atoms with van der Waals surface area (Å²) in [5.74, 6) is 0.468. The fraction of sp³-hybridized carbons (Fsp3) is 0.789. The molecule has 2 saturated heterocycles. The van der Waals surface area contributed by atoms with Gasteiger partial charge in [0, 0.05) is 52.2 Å². The molecular weight excluding hydrogens is 302 g/mol. The molecule has 2 aliphatic heterocycles. The van der Waals surface area contributed by atoms with Gasteiger partial charge in [0.05, 0.1) is 5.92 Å². The highest BCUT2D eigenvalue weighted by molar-refractivity contribution is 5.84. The number of amides is 2. The predicted octanol–water partition coefficient (Wildman–Crippen LogP) is 2.14. The van der Waals surface area contributed by atoms with Crippen molar-refractivity contribution in [2.24, 2.45) is 5.92 Å². The zero-order valence-electron chi connectivity index (χ0n) is 15.6. The third-order valence-corrected chi connectivity index (χ3v) is 5.00. The minimum Gasteiger partial charge on any atom is -0.342 e. The van der Waals surface area contributed by atoms with E-state index in [9.17, 15) is 9.59 Å². The van der Waals surface area contributed by atoms with Crippen molar-refractivity contribution in [2.45, 2.75) is 46.5 Å². The van der Waals surface area contributed by atoms with Crippen molar-refractivity contribution in [2.75, 3.05) is 45.8 Å². The second-order valence-electron chi connectivity index (χ2n) is 7.34. The lowest BCUT2D eigenvalue weighted by Gasteiger charge is -2.34. The number of hydrogen-bond acceptors (Lipinski definition) is 3. The average Bonchev–Trinajstić information content (AvgIpc) is 2.80. The third kappa shape index (κ3) is 5.33. The van der Waals surface area contributed by atoms with Crippen LogP contribution < -0.4 is 0 Å². The molecule has 2 heterocycles. The van der Waals surface area contributed by atoms with Crippen molar-refractivity contribution in [1.82, 2.24) is 14.7 Å². The smallest absolute Gasteiger partial charge is 0.227 e. The van der Waals surface area contributed by atoms with Crippen LogP contribution in [0.3, 0.4) is 0 Å². The number of carbonyl (C=O) groups excluding carboxylic acids is 2. The molecule has 136 valence electrons. The monoisotopic (exact) mass is 335 g/mol. The normalized spacial score (nSPS) is 23.1. The molecular formula is C19H33N3O2. The van der Waals surface area contributed by atoms with Gasteiger partial charge in [0.25, 0.3) is 0 Å². The van der Waals surface area contributed by atoms with Gasteiger partial charge in [0.2, 0.25) is 11.8 Å². The van der Waals surface area contributed by atoms with Crippen molar-refractivity contribution >= 4 is 11.8 Å². The Balaban J connectivity index is 1.88. The largest absolute Gasteiger partial charge is 0.342 e. The number of likely N-dealkylation sites (tertiary alicyclic amines) is 1. The second-order valence-corrected chi connectivity index (χ2v) is 7.34. The molecule has 1 unspecified atom stereocenters. The summed E-state index contributed by atoms with van der Waals surface area (Å²) in [6.07, 6.45) is 5.49. The lowest BCUT2D eigenvalue weighted by atomic mass is 9.95. The van der Waals surface area contributed by atoms with Crippen molar-refractivity contribution in [3.63, 3.8) is 0 Å². The van der Waals surface area contributed by atoms with Gasteiger partial charge in [0.15, 0.2) is 0 Å². The number of allylic oxidation sites excluding steroid dienone is 1. The van der Waals surface area contributed by atoms with Crippen LogP contribution in [0.25, 0.3) is 0 Å². The van der Waals surface area contributed by atoms with Gasteiger partial charge in [-0.05, 0) is 33.1 Å². The van der Waals surface area contributed by atoms with Gasteiger partial charge in [-0.25, -0.2) is 0 Å². The van der Waals surface area contributed by atoms with Crippen LogP contribution in [0.2, 0.25) is 0 Å². The van der Waals surface area contributed by atoms with Gasteiger partial charge < -0.3 is 9.80 Å². The molecule has 2 aliphatic rings. The minimum atomic E-state index is -0.00131. The summed E-state index contributed by atoms with van der Waals surface area (Å²) in [6, 6.07) is 0. The fourth-order valence-electron chi connectivity index (χ4n) is 3.55. The van der Waals surface area contributed by atoms with Gasteiger partial charge in [-0.15, -0.1) is 0 Å². The van der Waals surface area contributed by atoms with E-state index < -0.39 is 0 Å². The van der Waals surface area contributed by atoms with E-state index in [0.29, 0.717) is 13.0 Å². The third-order valence-electron chi connectivity index (χ3n) is 5.00. The van der Waals surface area contributed by atoms with Crippen LogP contribution in [0, 0.1) is 5.92 Å². The molecule has 0 spiro atoms. The van der Waals surface area contributed by atoms with Gasteiger partial charge >= 0.3 is 0 Å². The van der Waals surface area contributed by atoms with E-state index in [2.05, 4.69) is 31.7 Å². The summed E-state index contributed by atoms with van der Waals surface area (Å²) in [6.45, 7) is 12.4. The van der Waals surface area contributed by atoms with E-state index in [1.807, 2.05) is 9.80 Å². The molecule has 0 aromatic heterocycles. The Kier molecular flexibility index (Phi) is 7.28. The van der Waals surface area contributed by atoms with E-state index in [4.69, 9.17) is 0 Å². The van der Waals surface area contributed by atoms with Gasteiger partial charge in [-0.1, -0.05) is 18.6 Å². The molecule has 0 aromatic carbocycles. The zero-order chi connectivity index (χ0) is 17.5. The first-order valence-corrected chi connectivity index (χ1v) is 9.43. The van der Waals surface area contributed by atoms with E-state index in [1.54, 1.807) is 0 Å². The summed E-state index contributed by atoms with van der Waals surface area (Å²) in [5, 5.41) is 0. The highest BCUT2D eigenvalue weighted by Crippen LogP contribution is 2.21. The molecule has 2 rings (SSSR count). The highest BCUT2D eigenvalue weighted by atomic mass is 16.2. The van der Waals surface area contributed by atoms with Crippen LogP contribution in [-0.4, -0.2) is 72.3 Å². The Labute approximate surface area is 146 Å². The van der Waals surface area contributed by atoms with Crippen molar-refractivity contribution in [3.8, 4) is 0 Å². The Hall–Kier alpha value is -1.36. The topological polar surface area (TPSA) is 43.9 Å². The standard InChI is InChI=1S/C19H33N3O2/c1-4-9-22-15-17(6-7-18(22)23)19(24)21-11-5-10-20(13-14-21)12-8-16(2)3/h8,17H,4-7,9-15H2,1-3H3. The summed E-state index contributed by atoms with van der Waals surface area (Å²) < 4.78 is 0. The van der Waals surface area contributed by atoms with Crippen molar-refractivity contribution in [1.29, 1.82) is 0 Å². The Bertz CT molecular complexity index is 471. The SMILES string of the molecule is CCCN1CC(C(=O)N2CCCN(CC=C(C)C)CC2)CCC1=O. The molecule has 2 amide bonds. The van der Waals surface area contributed by atoms with Crippen molar-refractivity contribution < 1.29 is 9.59 Å². The maximum absolute atomic E-state index is 12.9. The maximum Gasteiger partial charge on any atom is 0.227 e. The molecule has 2 fully saturated rings. The number of piperidine rings is 1. The van der Waals surface area contributed by atoms with Crippen LogP contribution in [0.5, 0.6) is 0 Å². The van der Waals surface area contributed by atoms with Gasteiger partial charge in [0.1, 0.15) is 0 Å². The maximum atomic E-state index is 12.9. The molecule has 5 heteroatoms. The van der Waals surface area contributed by atoms with E-state index in [-0.39, 0.29) is 17.7 Å². The lowest BCUT2D eigenvalue weighted by Crippen LogP contribution is -2.48. The van der Waals surface area contributed by atoms with Crippen LogP contribution in [0.1, 0.15) is 46.5 Å². The van der Waals surface area contributed by atoms with Crippen LogP contribution in [0.15, 0.2) is 11.6 Å². The lowest BCUT2D eigenvalue weighted by molar-refractivity contribution is -0.143. The predicted molar refractivity (Wildman–Crippen MR) is 96.7 cm³/mol. The molecule has 0 bridgehead atoms. The van der Waals surface area contributed by atoms with Gasteiger partial charge in [-0.3, -0.25) is 14.5 Å². The fourth-order valence-corrected chi connectivity index (χ4v) is 3.55.